The zero-order chi connectivity index (χ0) is 20.1. The lowest BCUT2D eigenvalue weighted by molar-refractivity contribution is -0.123. The van der Waals surface area contributed by atoms with Gasteiger partial charge in [0.1, 0.15) is 0 Å². The third kappa shape index (κ3) is 4.69. The van der Waals surface area contributed by atoms with Crippen molar-refractivity contribution in [3.05, 3.63) is 70.9 Å². The molecule has 2 aromatic carbocycles. The van der Waals surface area contributed by atoms with Crippen molar-refractivity contribution in [2.75, 3.05) is 0 Å². The standard InChI is InChI=1S/C20H19ClN4O3/c1-12(26)23-18(13-6-8-14(21)9-7-13)10-19(27)24-25-20(28)16-11-22-17-5-3-2-4-15(16)17/h2-9,11,18,22H,10H2,1H3,(H,23,26)(H,24,27)(H,25,28). The van der Waals surface area contributed by atoms with Gasteiger partial charge in [-0.05, 0) is 23.8 Å². The fourth-order valence-electron chi connectivity index (χ4n) is 2.88. The topological polar surface area (TPSA) is 103 Å². The van der Waals surface area contributed by atoms with Crippen LogP contribution in [0.3, 0.4) is 0 Å². The number of hydrogen-bond donors (Lipinski definition) is 4. The van der Waals surface area contributed by atoms with Crippen LogP contribution in [-0.4, -0.2) is 22.7 Å². The molecule has 0 spiro atoms. The van der Waals surface area contributed by atoms with Crippen LogP contribution in [0.1, 0.15) is 35.3 Å². The largest absolute Gasteiger partial charge is 0.360 e. The first-order valence-corrected chi connectivity index (χ1v) is 8.99. The van der Waals surface area contributed by atoms with Gasteiger partial charge in [-0.15, -0.1) is 0 Å². The van der Waals surface area contributed by atoms with Gasteiger partial charge in [0.25, 0.3) is 5.91 Å². The van der Waals surface area contributed by atoms with E-state index < -0.39 is 17.9 Å². The van der Waals surface area contributed by atoms with Crippen molar-refractivity contribution in [3.63, 3.8) is 0 Å². The van der Waals surface area contributed by atoms with Gasteiger partial charge in [0, 0.05) is 29.0 Å². The second kappa shape index (κ2) is 8.58. The number of H-pyrrole nitrogens is 1. The summed E-state index contributed by atoms with van der Waals surface area (Å²) in [5, 5.41) is 4.04. The van der Waals surface area contributed by atoms with Crippen LogP contribution in [0.2, 0.25) is 5.02 Å². The van der Waals surface area contributed by atoms with E-state index in [1.165, 1.54) is 6.92 Å². The van der Waals surface area contributed by atoms with Crippen LogP contribution in [0.4, 0.5) is 0 Å². The molecule has 0 aliphatic rings. The molecule has 3 aromatic rings. The molecule has 144 valence electrons. The Balaban J connectivity index is 1.63. The molecule has 0 saturated heterocycles. The minimum absolute atomic E-state index is 0.0463. The molecule has 7 nitrogen and oxygen atoms in total. The number of benzene rings is 2. The van der Waals surface area contributed by atoms with E-state index in [4.69, 9.17) is 11.6 Å². The Kier molecular flexibility index (Phi) is 5.96. The van der Waals surface area contributed by atoms with E-state index in [1.807, 2.05) is 24.3 Å². The second-order valence-electron chi connectivity index (χ2n) is 6.26. The van der Waals surface area contributed by atoms with Gasteiger partial charge in [-0.25, -0.2) is 0 Å². The highest BCUT2D eigenvalue weighted by molar-refractivity contribution is 6.30. The van der Waals surface area contributed by atoms with E-state index in [2.05, 4.69) is 21.2 Å². The van der Waals surface area contributed by atoms with Gasteiger partial charge in [0.05, 0.1) is 18.0 Å². The Morgan fingerprint density at radius 1 is 1.04 bits per heavy atom. The van der Waals surface area contributed by atoms with Gasteiger partial charge < -0.3 is 10.3 Å². The van der Waals surface area contributed by atoms with Gasteiger partial charge in [-0.1, -0.05) is 41.9 Å². The summed E-state index contributed by atoms with van der Waals surface area (Å²) in [6.45, 7) is 1.37. The summed E-state index contributed by atoms with van der Waals surface area (Å²) in [5.74, 6) is -1.15. The maximum Gasteiger partial charge on any atom is 0.271 e. The quantitative estimate of drug-likeness (QED) is 0.497. The number of amides is 3. The fourth-order valence-corrected chi connectivity index (χ4v) is 3.01. The van der Waals surface area contributed by atoms with E-state index in [0.717, 1.165) is 16.5 Å². The van der Waals surface area contributed by atoms with Crippen LogP contribution in [0.15, 0.2) is 54.7 Å². The van der Waals surface area contributed by atoms with Gasteiger partial charge >= 0.3 is 0 Å². The summed E-state index contributed by atoms with van der Waals surface area (Å²) in [5.41, 5.74) is 6.78. The highest BCUT2D eigenvalue weighted by Crippen LogP contribution is 2.20. The zero-order valence-corrected chi connectivity index (χ0v) is 15.8. The summed E-state index contributed by atoms with van der Waals surface area (Å²) in [4.78, 5) is 39.2. The lowest BCUT2D eigenvalue weighted by atomic mass is 10.0. The fraction of sp³-hybridized carbons (Fsp3) is 0.150. The Labute approximate surface area is 166 Å². The molecule has 1 unspecified atom stereocenters. The predicted octanol–water partition coefficient (Wildman–Crippen LogP) is 2.85. The van der Waals surface area contributed by atoms with Gasteiger partial charge in [-0.3, -0.25) is 25.2 Å². The third-order valence-electron chi connectivity index (χ3n) is 4.19. The van der Waals surface area contributed by atoms with Crippen molar-refractivity contribution in [3.8, 4) is 0 Å². The van der Waals surface area contributed by atoms with Crippen molar-refractivity contribution in [1.29, 1.82) is 0 Å². The van der Waals surface area contributed by atoms with Crippen molar-refractivity contribution in [1.82, 2.24) is 21.2 Å². The van der Waals surface area contributed by atoms with Crippen LogP contribution in [0.5, 0.6) is 0 Å². The molecule has 0 aliphatic carbocycles. The summed E-state index contributed by atoms with van der Waals surface area (Å²) >= 11 is 5.89. The number of halogens is 1. The Bertz CT molecular complexity index is 1010. The van der Waals surface area contributed by atoms with Crippen LogP contribution < -0.4 is 16.2 Å². The molecule has 0 saturated carbocycles. The van der Waals surface area contributed by atoms with Crippen molar-refractivity contribution in [2.24, 2.45) is 0 Å². The summed E-state index contributed by atoms with van der Waals surface area (Å²) in [6.07, 6.45) is 1.54. The lowest BCUT2D eigenvalue weighted by Gasteiger charge is -2.18. The molecule has 3 amide bonds. The monoisotopic (exact) mass is 398 g/mol. The number of fused-ring (bicyclic) bond motifs is 1. The molecule has 0 radical (unpaired) electrons. The highest BCUT2D eigenvalue weighted by Gasteiger charge is 2.18. The summed E-state index contributed by atoms with van der Waals surface area (Å²) in [7, 11) is 0. The van der Waals surface area contributed by atoms with Crippen molar-refractivity contribution >= 4 is 40.2 Å². The van der Waals surface area contributed by atoms with Crippen LogP contribution in [0.25, 0.3) is 10.9 Å². The minimum atomic E-state index is -0.542. The number of hydrazine groups is 1. The van der Waals surface area contributed by atoms with Crippen LogP contribution >= 0.6 is 11.6 Å². The molecule has 3 rings (SSSR count). The molecule has 8 heteroatoms. The molecule has 28 heavy (non-hydrogen) atoms. The van der Waals surface area contributed by atoms with Gasteiger partial charge in [0.2, 0.25) is 11.8 Å². The SMILES string of the molecule is CC(=O)NC(CC(=O)NNC(=O)c1c[nH]c2ccccc12)c1ccc(Cl)cc1. The smallest absolute Gasteiger partial charge is 0.271 e. The Morgan fingerprint density at radius 3 is 2.46 bits per heavy atom. The van der Waals surface area contributed by atoms with E-state index in [1.54, 1.807) is 30.5 Å². The first kappa shape index (κ1) is 19.4. The van der Waals surface area contributed by atoms with E-state index >= 15 is 0 Å². The second-order valence-corrected chi connectivity index (χ2v) is 6.70. The van der Waals surface area contributed by atoms with E-state index in [-0.39, 0.29) is 12.3 Å². The lowest BCUT2D eigenvalue weighted by Crippen LogP contribution is -2.43. The number of nitrogens with one attached hydrogen (secondary N) is 4. The predicted molar refractivity (Wildman–Crippen MR) is 107 cm³/mol. The first-order chi connectivity index (χ1) is 13.4. The third-order valence-corrected chi connectivity index (χ3v) is 4.44. The number of hydrogen-bond acceptors (Lipinski definition) is 3. The summed E-state index contributed by atoms with van der Waals surface area (Å²) in [6, 6.07) is 13.7. The Hall–Kier alpha value is -3.32. The molecule has 1 heterocycles. The van der Waals surface area contributed by atoms with E-state index in [0.29, 0.717) is 10.6 Å². The molecular formula is C20H19ClN4O3. The molecule has 0 aliphatic heterocycles. The summed E-state index contributed by atoms with van der Waals surface area (Å²) < 4.78 is 0. The van der Waals surface area contributed by atoms with Gasteiger partial charge in [-0.2, -0.15) is 0 Å². The number of aromatic amines is 1. The van der Waals surface area contributed by atoms with Crippen molar-refractivity contribution < 1.29 is 14.4 Å². The van der Waals surface area contributed by atoms with Crippen molar-refractivity contribution in [2.45, 2.75) is 19.4 Å². The maximum absolute atomic E-state index is 12.4. The average molecular weight is 399 g/mol. The highest BCUT2D eigenvalue weighted by atomic mass is 35.5. The molecule has 0 bridgehead atoms. The first-order valence-electron chi connectivity index (χ1n) is 8.62. The van der Waals surface area contributed by atoms with Gasteiger partial charge in [0.15, 0.2) is 0 Å². The van der Waals surface area contributed by atoms with Crippen LogP contribution in [0, 0.1) is 0 Å². The zero-order valence-electron chi connectivity index (χ0n) is 15.1. The maximum atomic E-state index is 12.4. The number of para-hydroxylation sites is 1. The molecule has 0 fully saturated rings. The number of carbonyl (C=O) groups is 3. The Morgan fingerprint density at radius 2 is 1.75 bits per heavy atom. The molecule has 1 atom stereocenters. The number of aromatic nitrogens is 1. The molecule has 4 N–H and O–H groups in total. The average Bonchev–Trinajstić information content (AvgIpc) is 3.10. The van der Waals surface area contributed by atoms with Crippen LogP contribution in [-0.2, 0) is 9.59 Å². The number of rotatable bonds is 5. The minimum Gasteiger partial charge on any atom is -0.360 e. The molecular weight excluding hydrogens is 380 g/mol. The normalized spacial score (nSPS) is 11.6. The number of carbonyl (C=O) groups excluding carboxylic acids is 3. The molecule has 1 aromatic heterocycles. The van der Waals surface area contributed by atoms with E-state index in [9.17, 15) is 14.4 Å².